The van der Waals surface area contributed by atoms with Crippen LogP contribution in [0, 0.1) is 17.9 Å². The summed E-state index contributed by atoms with van der Waals surface area (Å²) in [6, 6.07) is 65.1. The SMILES string of the molecule is CC(C)(C)c1ccc(-c2[c-]cc(F)cc2)nc1.CC(C)c1cc(-c2ccccc2)cc(C(C)C)c1-n1c(-c2[c-]ccc3c2oc2cc4c(ccc5ccccc54)cc23)nc2ccc3ccccc3c21.[Ir]. The Morgan fingerprint density at radius 3 is 1.94 bits per heavy atom. The van der Waals surface area contributed by atoms with Crippen molar-refractivity contribution in [2.24, 2.45) is 0 Å². The van der Waals surface area contributed by atoms with Crippen LogP contribution in [0.3, 0.4) is 0 Å². The number of rotatable bonds is 6. The molecule has 12 rings (SSSR count). The summed E-state index contributed by atoms with van der Waals surface area (Å²) in [4.78, 5) is 9.87. The number of nitrogens with zero attached hydrogens (tertiary/aromatic N) is 3. The van der Waals surface area contributed by atoms with Gasteiger partial charge in [-0.3, -0.25) is 9.37 Å². The Labute approximate surface area is 422 Å². The molecule has 3 aromatic heterocycles. The fourth-order valence-electron chi connectivity index (χ4n) is 9.81. The molecule has 0 saturated heterocycles. The Bertz CT molecular complexity index is 3850. The van der Waals surface area contributed by atoms with Crippen molar-refractivity contribution < 1.29 is 28.9 Å². The van der Waals surface area contributed by atoms with E-state index in [2.05, 4.69) is 210 Å². The van der Waals surface area contributed by atoms with Crippen molar-refractivity contribution in [3.05, 3.63) is 211 Å². The first-order valence-corrected chi connectivity index (χ1v) is 23.9. The number of furan rings is 1. The Hall–Kier alpha value is -7.24. The molecular weight excluding hydrogens is 1040 g/mol. The molecule has 70 heavy (non-hydrogen) atoms. The Balaban J connectivity index is 0.000000268. The third-order valence-electron chi connectivity index (χ3n) is 13.5. The van der Waals surface area contributed by atoms with Crippen LogP contribution in [0.5, 0.6) is 0 Å². The number of pyridine rings is 1. The van der Waals surface area contributed by atoms with Gasteiger partial charge in [0.25, 0.3) is 0 Å². The molecule has 0 fully saturated rings. The second-order valence-electron chi connectivity index (χ2n) is 19.8. The molecule has 6 heteroatoms. The second-order valence-corrected chi connectivity index (χ2v) is 19.8. The quantitative estimate of drug-likeness (QED) is 0.123. The van der Waals surface area contributed by atoms with E-state index in [0.717, 1.165) is 55.6 Å². The molecule has 0 aliphatic carbocycles. The minimum absolute atomic E-state index is 0. The first-order valence-electron chi connectivity index (χ1n) is 23.9. The fraction of sp³-hybridized carbons (Fsp3) is 0.156. The molecule has 12 aromatic rings. The van der Waals surface area contributed by atoms with Crippen LogP contribution in [-0.4, -0.2) is 14.5 Å². The summed E-state index contributed by atoms with van der Waals surface area (Å²) >= 11 is 0. The van der Waals surface area contributed by atoms with Crippen molar-refractivity contribution in [1.29, 1.82) is 0 Å². The van der Waals surface area contributed by atoms with Crippen LogP contribution >= 0.6 is 0 Å². The van der Waals surface area contributed by atoms with E-state index in [1.54, 1.807) is 6.07 Å². The third-order valence-corrected chi connectivity index (χ3v) is 13.5. The van der Waals surface area contributed by atoms with Gasteiger partial charge in [-0.15, -0.1) is 48.0 Å². The molecule has 0 spiro atoms. The average molecular weight is 1090 g/mol. The van der Waals surface area contributed by atoms with Gasteiger partial charge in [-0.25, -0.2) is 0 Å². The van der Waals surface area contributed by atoms with E-state index in [1.165, 1.54) is 78.0 Å². The summed E-state index contributed by atoms with van der Waals surface area (Å²) in [5.41, 5.74) is 13.7. The number of hydrogen-bond acceptors (Lipinski definition) is 3. The normalized spacial score (nSPS) is 11.9. The van der Waals surface area contributed by atoms with Gasteiger partial charge in [-0.05, 0) is 108 Å². The summed E-state index contributed by atoms with van der Waals surface area (Å²) in [6.45, 7) is 15.6. The van der Waals surface area contributed by atoms with Gasteiger partial charge in [0, 0.05) is 48.6 Å². The van der Waals surface area contributed by atoms with Gasteiger partial charge in [-0.1, -0.05) is 169 Å². The zero-order valence-corrected chi connectivity index (χ0v) is 42.8. The standard InChI is InChI=1S/C49H37N2O.C15H15FN.Ir/c1-29(2)40-26-35(31-13-6-5-7-14-31)27-41(30(3)4)46(40)51-47-37-18-11-9-16-33(37)23-24-44(47)50-49(51)39-20-12-19-38-43-25-34-22-21-32-15-8-10-17-36(32)42(34)28-45(43)52-48(38)39;1-15(2,3)12-6-9-14(17-10-12)11-4-7-13(16)8-5-11;/h5-19,21-30H,1-4H3;4,6-10H,1-3H3;/q2*-1;. The van der Waals surface area contributed by atoms with Crippen LogP contribution in [0.15, 0.2) is 180 Å². The minimum atomic E-state index is -0.278. The number of aromatic nitrogens is 3. The van der Waals surface area contributed by atoms with E-state index in [4.69, 9.17) is 9.40 Å². The smallest absolute Gasteiger partial charge is 0.121 e. The molecule has 0 aliphatic heterocycles. The molecular formula is C64H52FIrN3O-2. The van der Waals surface area contributed by atoms with Gasteiger partial charge in [0.2, 0.25) is 0 Å². The van der Waals surface area contributed by atoms with Crippen molar-refractivity contribution in [2.75, 3.05) is 0 Å². The maximum Gasteiger partial charge on any atom is 0.121 e. The Morgan fingerprint density at radius 1 is 0.600 bits per heavy atom. The molecule has 1 radical (unpaired) electrons. The van der Waals surface area contributed by atoms with E-state index in [9.17, 15) is 4.39 Å². The Morgan fingerprint density at radius 2 is 1.27 bits per heavy atom. The van der Waals surface area contributed by atoms with Crippen LogP contribution in [0.4, 0.5) is 4.39 Å². The van der Waals surface area contributed by atoms with E-state index < -0.39 is 0 Å². The molecule has 0 bridgehead atoms. The zero-order chi connectivity index (χ0) is 47.6. The number of imidazole rings is 1. The third kappa shape index (κ3) is 8.40. The van der Waals surface area contributed by atoms with E-state index in [-0.39, 0.29) is 43.2 Å². The molecule has 0 unspecified atom stereocenters. The summed E-state index contributed by atoms with van der Waals surface area (Å²) in [5.74, 6) is 1.07. The summed E-state index contributed by atoms with van der Waals surface area (Å²) < 4.78 is 22.1. The van der Waals surface area contributed by atoms with Gasteiger partial charge in [0.15, 0.2) is 0 Å². The molecule has 4 nitrogen and oxygen atoms in total. The number of fused-ring (bicyclic) bond motifs is 9. The molecule has 3 heterocycles. The van der Waals surface area contributed by atoms with Gasteiger partial charge >= 0.3 is 0 Å². The summed E-state index contributed by atoms with van der Waals surface area (Å²) in [5, 5.41) is 9.36. The molecule has 0 N–H and O–H groups in total. The number of benzene rings is 9. The first-order chi connectivity index (χ1) is 33.4. The van der Waals surface area contributed by atoms with Crippen molar-refractivity contribution in [3.8, 4) is 39.5 Å². The van der Waals surface area contributed by atoms with Crippen molar-refractivity contribution in [1.82, 2.24) is 14.5 Å². The average Bonchev–Trinajstić information content (AvgIpc) is 3.94. The fourth-order valence-corrected chi connectivity index (χ4v) is 9.81. The van der Waals surface area contributed by atoms with Crippen LogP contribution in [0.1, 0.15) is 77.0 Å². The van der Waals surface area contributed by atoms with Crippen molar-refractivity contribution >= 4 is 65.3 Å². The zero-order valence-electron chi connectivity index (χ0n) is 40.4. The van der Waals surface area contributed by atoms with Gasteiger partial charge in [0.05, 0.1) is 22.4 Å². The number of hydrogen-bond donors (Lipinski definition) is 0. The van der Waals surface area contributed by atoms with Crippen molar-refractivity contribution in [3.63, 3.8) is 0 Å². The van der Waals surface area contributed by atoms with Crippen LogP contribution in [0.2, 0.25) is 0 Å². The first kappa shape index (κ1) is 46.5. The topological polar surface area (TPSA) is 43.9 Å². The number of halogens is 1. The van der Waals surface area contributed by atoms with E-state index in [0.29, 0.717) is 0 Å². The molecule has 9 aromatic carbocycles. The molecule has 0 aliphatic rings. The monoisotopic (exact) mass is 1090 g/mol. The Kier molecular flexibility index (Phi) is 12.3. The van der Waals surface area contributed by atoms with E-state index in [1.807, 2.05) is 18.3 Å². The maximum atomic E-state index is 12.8. The summed E-state index contributed by atoms with van der Waals surface area (Å²) in [6.07, 6.45) is 1.87. The van der Waals surface area contributed by atoms with E-state index >= 15 is 0 Å². The van der Waals surface area contributed by atoms with Gasteiger partial charge in [-0.2, -0.15) is 0 Å². The van der Waals surface area contributed by atoms with Gasteiger partial charge < -0.3 is 14.0 Å². The summed E-state index contributed by atoms with van der Waals surface area (Å²) in [7, 11) is 0. The van der Waals surface area contributed by atoms with Crippen LogP contribution in [-0.2, 0) is 25.5 Å². The second kappa shape index (κ2) is 18.6. The molecule has 0 saturated carbocycles. The predicted octanol–water partition coefficient (Wildman–Crippen LogP) is 17.7. The van der Waals surface area contributed by atoms with Gasteiger partial charge in [0.1, 0.15) is 5.58 Å². The van der Waals surface area contributed by atoms with Crippen molar-refractivity contribution in [2.45, 2.75) is 65.7 Å². The van der Waals surface area contributed by atoms with Crippen LogP contribution in [0.25, 0.3) is 105 Å². The predicted molar refractivity (Wildman–Crippen MR) is 286 cm³/mol. The largest absolute Gasteiger partial charge is 0.501 e. The minimum Gasteiger partial charge on any atom is -0.501 e. The maximum absolute atomic E-state index is 12.8. The van der Waals surface area contributed by atoms with Crippen LogP contribution < -0.4 is 0 Å². The molecule has 0 atom stereocenters. The molecule has 0 amide bonds. The molecule has 347 valence electrons.